The molecule has 11 heteroatoms. The summed E-state index contributed by atoms with van der Waals surface area (Å²) < 4.78 is 0. The van der Waals surface area contributed by atoms with E-state index >= 15 is 0 Å². The minimum atomic E-state index is -1.52. The highest BCUT2D eigenvalue weighted by atomic mass is 16.4. The highest BCUT2D eigenvalue weighted by Crippen LogP contribution is 2.19. The van der Waals surface area contributed by atoms with Gasteiger partial charge in [-0.1, -0.05) is 38.5 Å². The number of aliphatic hydroxyl groups is 1. The van der Waals surface area contributed by atoms with E-state index in [1.165, 1.54) is 0 Å². The third-order valence-corrected chi connectivity index (χ3v) is 5.53. The van der Waals surface area contributed by atoms with Gasteiger partial charge in [0.2, 0.25) is 17.7 Å². The zero-order valence-corrected chi connectivity index (χ0v) is 18.6. The largest absolute Gasteiger partial charge is 0.480 e. The van der Waals surface area contributed by atoms with Crippen molar-refractivity contribution < 1.29 is 29.4 Å². The Bertz CT molecular complexity index is 991. The van der Waals surface area contributed by atoms with Gasteiger partial charge in [-0.2, -0.15) is 0 Å². The van der Waals surface area contributed by atoms with Gasteiger partial charge in [0, 0.05) is 23.5 Å². The molecule has 33 heavy (non-hydrogen) atoms. The van der Waals surface area contributed by atoms with Crippen LogP contribution < -0.4 is 21.7 Å². The molecule has 4 atom stereocenters. The summed E-state index contributed by atoms with van der Waals surface area (Å²) >= 11 is 0. The van der Waals surface area contributed by atoms with Crippen LogP contribution in [-0.4, -0.2) is 70.2 Å². The highest BCUT2D eigenvalue weighted by molar-refractivity contribution is 5.93. The molecule has 3 amide bonds. The maximum Gasteiger partial charge on any atom is 0.328 e. The van der Waals surface area contributed by atoms with Crippen molar-refractivity contribution in [1.82, 2.24) is 20.9 Å². The predicted octanol–water partition coefficient (Wildman–Crippen LogP) is -0.753. The summed E-state index contributed by atoms with van der Waals surface area (Å²) in [5.41, 5.74) is 7.42. The monoisotopic (exact) mass is 461 g/mol. The van der Waals surface area contributed by atoms with E-state index in [1.54, 1.807) is 6.20 Å². The molecule has 0 spiro atoms. The molecular weight excluding hydrogens is 430 g/mol. The lowest BCUT2D eigenvalue weighted by atomic mass is 9.99. The molecule has 4 unspecified atom stereocenters. The predicted molar refractivity (Wildman–Crippen MR) is 121 cm³/mol. The van der Waals surface area contributed by atoms with Crippen molar-refractivity contribution in [3.63, 3.8) is 0 Å². The number of hydrogen-bond donors (Lipinski definition) is 7. The number of aromatic amines is 1. The molecule has 8 N–H and O–H groups in total. The van der Waals surface area contributed by atoms with Crippen molar-refractivity contribution in [3.8, 4) is 0 Å². The first-order chi connectivity index (χ1) is 15.7. The topological polar surface area (TPSA) is 187 Å². The number of rotatable bonds is 12. The Morgan fingerprint density at radius 2 is 1.79 bits per heavy atom. The lowest BCUT2D eigenvalue weighted by Gasteiger charge is -2.21. The van der Waals surface area contributed by atoms with E-state index in [4.69, 9.17) is 10.8 Å². The fourth-order valence-corrected chi connectivity index (χ4v) is 3.23. The Balaban J connectivity index is 2.12. The lowest BCUT2D eigenvalue weighted by Crippen LogP contribution is -2.55. The van der Waals surface area contributed by atoms with E-state index in [0.717, 1.165) is 16.5 Å². The number of H-pyrrole nitrogens is 1. The van der Waals surface area contributed by atoms with E-state index in [2.05, 4.69) is 20.9 Å². The Kier molecular flexibility index (Phi) is 9.37. The minimum absolute atomic E-state index is 0.0552. The van der Waals surface area contributed by atoms with E-state index in [1.807, 2.05) is 38.1 Å². The molecule has 1 aromatic carbocycles. The van der Waals surface area contributed by atoms with Crippen molar-refractivity contribution in [2.75, 3.05) is 13.2 Å². The van der Waals surface area contributed by atoms with Crippen LogP contribution in [0.3, 0.4) is 0 Å². The van der Waals surface area contributed by atoms with Gasteiger partial charge in [0.25, 0.3) is 0 Å². The second kappa shape index (κ2) is 12.0. The number of benzene rings is 1. The number of carbonyl (C=O) groups excluding carboxylic acids is 3. The Hall–Kier alpha value is -3.44. The van der Waals surface area contributed by atoms with Crippen molar-refractivity contribution >= 4 is 34.6 Å². The molecule has 180 valence electrons. The van der Waals surface area contributed by atoms with Crippen LogP contribution >= 0.6 is 0 Å². The first kappa shape index (κ1) is 25.8. The zero-order valence-electron chi connectivity index (χ0n) is 18.6. The van der Waals surface area contributed by atoms with Crippen LogP contribution in [0.15, 0.2) is 30.5 Å². The molecule has 1 aromatic heterocycles. The molecule has 0 fully saturated rings. The normalized spacial score (nSPS) is 14.7. The van der Waals surface area contributed by atoms with Gasteiger partial charge in [-0.3, -0.25) is 14.4 Å². The molecule has 1 heterocycles. The van der Waals surface area contributed by atoms with Gasteiger partial charge in [-0.25, -0.2) is 4.79 Å². The van der Waals surface area contributed by atoms with Crippen molar-refractivity contribution in [1.29, 1.82) is 0 Å². The number of hydrogen-bond acceptors (Lipinski definition) is 6. The zero-order chi connectivity index (χ0) is 24.5. The van der Waals surface area contributed by atoms with Crippen molar-refractivity contribution in [2.24, 2.45) is 11.7 Å². The molecular formula is C22H31N5O6. The Morgan fingerprint density at radius 1 is 1.09 bits per heavy atom. The van der Waals surface area contributed by atoms with Crippen molar-refractivity contribution in [2.45, 2.75) is 44.8 Å². The van der Waals surface area contributed by atoms with Gasteiger partial charge < -0.3 is 36.9 Å². The molecule has 0 bridgehead atoms. The number of carboxylic acids is 1. The Labute approximate surface area is 191 Å². The van der Waals surface area contributed by atoms with Crippen LogP contribution in [0.4, 0.5) is 0 Å². The molecule has 0 aliphatic rings. The average molecular weight is 462 g/mol. The number of amides is 3. The summed E-state index contributed by atoms with van der Waals surface area (Å²) in [6.07, 6.45) is 2.45. The fraction of sp³-hybridized carbons (Fsp3) is 0.455. The smallest absolute Gasteiger partial charge is 0.328 e. The number of nitrogens with two attached hydrogens (primary N) is 1. The molecule has 0 saturated carbocycles. The molecule has 2 rings (SSSR count). The van der Waals surface area contributed by atoms with Crippen LogP contribution in [0, 0.1) is 5.92 Å². The summed E-state index contributed by atoms with van der Waals surface area (Å²) in [7, 11) is 0. The van der Waals surface area contributed by atoms with E-state index in [9.17, 15) is 24.3 Å². The minimum Gasteiger partial charge on any atom is -0.480 e. The summed E-state index contributed by atoms with van der Waals surface area (Å²) in [5.74, 6) is -3.38. The number of carboxylic acid groups (broad SMARTS) is 1. The van der Waals surface area contributed by atoms with Gasteiger partial charge in [-0.15, -0.1) is 0 Å². The van der Waals surface area contributed by atoms with Crippen LogP contribution in [0.1, 0.15) is 25.8 Å². The number of aliphatic hydroxyl groups excluding tert-OH is 1. The molecule has 2 aromatic rings. The molecule has 0 aliphatic heterocycles. The second-order valence-electron chi connectivity index (χ2n) is 7.89. The first-order valence-corrected chi connectivity index (χ1v) is 10.7. The van der Waals surface area contributed by atoms with Crippen LogP contribution in [0.25, 0.3) is 10.9 Å². The summed E-state index contributed by atoms with van der Waals surface area (Å²) in [6, 6.07) is 3.94. The number of nitrogens with one attached hydrogen (secondary N) is 4. The van der Waals surface area contributed by atoms with Gasteiger partial charge in [0.05, 0.1) is 19.2 Å². The van der Waals surface area contributed by atoms with Gasteiger partial charge in [0.15, 0.2) is 0 Å². The standard InChI is InChI=1S/C22H31N5O6/c1-3-12(2)19(23)21(31)25-10-18(29)26-16(20(30)27-17(11-28)22(32)33)8-13-9-24-15-7-5-4-6-14(13)15/h4-7,9,12,16-17,19,24,28H,3,8,10-11,23H2,1-2H3,(H,25,31)(H,26,29)(H,27,30)(H,32,33). The van der Waals surface area contributed by atoms with Gasteiger partial charge in [0.1, 0.15) is 12.1 Å². The van der Waals surface area contributed by atoms with E-state index < -0.39 is 55.0 Å². The van der Waals surface area contributed by atoms with Gasteiger partial charge >= 0.3 is 5.97 Å². The maximum absolute atomic E-state index is 12.8. The molecule has 0 saturated heterocycles. The Morgan fingerprint density at radius 3 is 2.42 bits per heavy atom. The maximum atomic E-state index is 12.8. The first-order valence-electron chi connectivity index (χ1n) is 10.7. The van der Waals surface area contributed by atoms with E-state index in [-0.39, 0.29) is 12.3 Å². The highest BCUT2D eigenvalue weighted by Gasteiger charge is 2.27. The number of fused-ring (bicyclic) bond motifs is 1. The van der Waals surface area contributed by atoms with Crippen LogP contribution in [0.2, 0.25) is 0 Å². The number of aromatic nitrogens is 1. The molecule has 0 radical (unpaired) electrons. The molecule has 0 aliphatic carbocycles. The van der Waals surface area contributed by atoms with Crippen LogP contribution in [-0.2, 0) is 25.6 Å². The summed E-state index contributed by atoms with van der Waals surface area (Å²) in [6.45, 7) is 2.52. The summed E-state index contributed by atoms with van der Waals surface area (Å²) in [4.78, 5) is 51.7. The summed E-state index contributed by atoms with van der Waals surface area (Å²) in [5, 5.41) is 26.4. The van der Waals surface area contributed by atoms with E-state index in [0.29, 0.717) is 6.42 Å². The van der Waals surface area contributed by atoms with Crippen molar-refractivity contribution in [3.05, 3.63) is 36.0 Å². The number of aliphatic carboxylic acids is 1. The van der Waals surface area contributed by atoms with Gasteiger partial charge in [-0.05, 0) is 17.5 Å². The second-order valence-corrected chi connectivity index (χ2v) is 7.89. The average Bonchev–Trinajstić information content (AvgIpc) is 3.21. The lowest BCUT2D eigenvalue weighted by molar-refractivity contribution is -0.143. The third kappa shape index (κ3) is 7.02. The molecule has 11 nitrogen and oxygen atoms in total. The SMILES string of the molecule is CCC(C)C(N)C(=O)NCC(=O)NC(Cc1c[nH]c2ccccc12)C(=O)NC(CO)C(=O)O. The number of carbonyl (C=O) groups is 4. The number of para-hydroxylation sites is 1. The van der Waals surface area contributed by atoms with Crippen LogP contribution in [0.5, 0.6) is 0 Å². The fourth-order valence-electron chi connectivity index (χ4n) is 3.23. The quantitative estimate of drug-likeness (QED) is 0.216. The third-order valence-electron chi connectivity index (χ3n) is 5.53.